The van der Waals surface area contributed by atoms with Gasteiger partial charge < -0.3 is 4.57 Å². The first kappa shape index (κ1) is 16.6. The van der Waals surface area contributed by atoms with Crippen molar-refractivity contribution in [3.63, 3.8) is 0 Å². The number of allylic oxidation sites excluding steroid dienone is 1. The fourth-order valence-corrected chi connectivity index (χ4v) is 2.54. The van der Waals surface area contributed by atoms with Gasteiger partial charge in [0, 0.05) is 12.1 Å². The van der Waals surface area contributed by atoms with Gasteiger partial charge in [-0.25, -0.2) is 9.07 Å². The van der Waals surface area contributed by atoms with Gasteiger partial charge in [-0.15, -0.1) is 6.58 Å². The van der Waals surface area contributed by atoms with E-state index in [-0.39, 0.29) is 11.4 Å². The summed E-state index contributed by atoms with van der Waals surface area (Å²) in [5.41, 5.74) is 0.682. The van der Waals surface area contributed by atoms with Crippen molar-refractivity contribution >= 4 is 12.2 Å². The molecule has 4 nitrogen and oxygen atoms in total. The van der Waals surface area contributed by atoms with E-state index in [0.717, 1.165) is 11.4 Å². The molecule has 0 unspecified atom stereocenters. The molecule has 0 radical (unpaired) electrons. The summed E-state index contributed by atoms with van der Waals surface area (Å²) in [6, 6.07) is 6.49. The Bertz CT molecular complexity index is 713. The molecule has 1 aromatic carbocycles. The molecule has 118 valence electrons. The summed E-state index contributed by atoms with van der Waals surface area (Å²) >= 11 is 5.43. The molecule has 2 aromatic rings. The van der Waals surface area contributed by atoms with Crippen LogP contribution in [0.4, 0.5) is 4.39 Å². The number of nitrogens with one attached hydrogen (secondary N) is 1. The summed E-state index contributed by atoms with van der Waals surface area (Å²) in [5.74, 6) is 0.617. The second-order valence-corrected chi connectivity index (χ2v) is 6.06. The Balaban J connectivity index is 2.15. The Morgan fingerprint density at radius 2 is 2.00 bits per heavy atom. The fourth-order valence-electron chi connectivity index (χ4n) is 2.23. The first-order valence-corrected chi connectivity index (χ1v) is 7.52. The summed E-state index contributed by atoms with van der Waals surface area (Å²) in [5, 5.41) is 7.85. The van der Waals surface area contributed by atoms with Gasteiger partial charge in [-0.05, 0) is 50.7 Å². The lowest BCUT2D eigenvalue weighted by Crippen LogP contribution is -2.38. The first-order valence-electron chi connectivity index (χ1n) is 7.11. The fraction of sp³-hybridized carbons (Fsp3) is 0.375. The monoisotopic (exact) mass is 320 g/mol. The molecule has 0 bridgehead atoms. The predicted octanol–water partition coefficient (Wildman–Crippen LogP) is 3.53. The van der Waals surface area contributed by atoms with Crippen molar-refractivity contribution in [2.24, 2.45) is 0 Å². The van der Waals surface area contributed by atoms with E-state index in [4.69, 9.17) is 12.2 Å². The molecule has 1 heterocycles. The highest BCUT2D eigenvalue weighted by Crippen LogP contribution is 2.20. The minimum atomic E-state index is -0.321. The minimum absolute atomic E-state index is 0.236. The third kappa shape index (κ3) is 3.51. The molecular weight excluding hydrogens is 299 g/mol. The Morgan fingerprint density at radius 3 is 2.59 bits per heavy atom. The molecule has 0 aliphatic heterocycles. The zero-order chi connectivity index (χ0) is 16.3. The van der Waals surface area contributed by atoms with Crippen molar-refractivity contribution in [2.45, 2.75) is 39.5 Å². The Hall–Kier alpha value is -1.79. The number of halogens is 1. The van der Waals surface area contributed by atoms with Gasteiger partial charge in [0.2, 0.25) is 0 Å². The van der Waals surface area contributed by atoms with Crippen LogP contribution >= 0.6 is 12.2 Å². The molecule has 0 saturated heterocycles. The van der Waals surface area contributed by atoms with E-state index in [1.54, 1.807) is 22.9 Å². The zero-order valence-corrected chi connectivity index (χ0v) is 14.0. The van der Waals surface area contributed by atoms with Gasteiger partial charge in [0.05, 0.1) is 6.67 Å². The molecule has 2 rings (SSSR count). The number of rotatable bonds is 6. The van der Waals surface area contributed by atoms with Gasteiger partial charge in [0.15, 0.2) is 4.77 Å². The first-order chi connectivity index (χ1) is 10.3. The Morgan fingerprint density at radius 1 is 1.36 bits per heavy atom. The van der Waals surface area contributed by atoms with Crippen LogP contribution < -0.4 is 5.32 Å². The third-order valence-electron chi connectivity index (χ3n) is 3.66. The predicted molar refractivity (Wildman–Crippen MR) is 88.5 cm³/mol. The number of hydrogen-bond donors (Lipinski definition) is 1. The van der Waals surface area contributed by atoms with E-state index in [1.807, 2.05) is 25.3 Å². The molecular formula is C16H21FN4S. The average Bonchev–Trinajstić information content (AvgIpc) is 2.74. The van der Waals surface area contributed by atoms with Crippen molar-refractivity contribution in [3.8, 4) is 0 Å². The van der Waals surface area contributed by atoms with Crippen LogP contribution in [0.5, 0.6) is 0 Å². The van der Waals surface area contributed by atoms with Crippen LogP contribution in [0.3, 0.4) is 0 Å². The minimum Gasteiger partial charge on any atom is -0.300 e. The van der Waals surface area contributed by atoms with Gasteiger partial charge in [0.25, 0.3) is 0 Å². The lowest BCUT2D eigenvalue weighted by Gasteiger charge is -2.27. The number of nitrogens with zero attached hydrogens (tertiary/aromatic N) is 3. The molecule has 0 fully saturated rings. The van der Waals surface area contributed by atoms with Crippen molar-refractivity contribution in [1.29, 1.82) is 0 Å². The van der Waals surface area contributed by atoms with Crippen LogP contribution in [0.15, 0.2) is 36.9 Å². The van der Waals surface area contributed by atoms with Crippen LogP contribution in [0, 0.1) is 17.5 Å². The maximum atomic E-state index is 13.0. The van der Waals surface area contributed by atoms with Gasteiger partial charge in [-0.1, -0.05) is 18.2 Å². The smallest absolute Gasteiger partial charge is 0.199 e. The topological polar surface area (TPSA) is 34.8 Å². The summed E-state index contributed by atoms with van der Waals surface area (Å²) in [4.78, 5) is 0. The van der Waals surface area contributed by atoms with Crippen molar-refractivity contribution in [2.75, 3.05) is 0 Å². The Labute approximate surface area is 135 Å². The van der Waals surface area contributed by atoms with Crippen LogP contribution in [0.1, 0.15) is 25.2 Å². The molecule has 1 N–H and O–H groups in total. The lowest BCUT2D eigenvalue weighted by molar-refractivity contribution is 0.343. The molecule has 0 saturated carbocycles. The normalized spacial score (nSPS) is 11.6. The molecule has 0 spiro atoms. The van der Waals surface area contributed by atoms with Crippen LogP contribution in [0.2, 0.25) is 0 Å². The maximum Gasteiger partial charge on any atom is 0.199 e. The van der Waals surface area contributed by atoms with Crippen LogP contribution in [-0.4, -0.2) is 14.3 Å². The largest absolute Gasteiger partial charge is 0.300 e. The Kier molecular flexibility index (Phi) is 4.93. The van der Waals surface area contributed by atoms with Gasteiger partial charge in [0.1, 0.15) is 11.6 Å². The van der Waals surface area contributed by atoms with Crippen molar-refractivity contribution in [3.05, 3.63) is 58.9 Å². The SMILES string of the molecule is C=CCn1c(C)nn(CNC(C)(C)c2ccc(F)cc2)c1=S. The standard InChI is InChI=1S/C16H21FN4S/c1-5-10-20-12(2)19-21(15(20)22)11-18-16(3,4)13-6-8-14(17)9-7-13/h5-9,18H,1,10-11H2,2-4H3. The van der Waals surface area contributed by atoms with E-state index < -0.39 is 0 Å². The number of benzene rings is 1. The van der Waals surface area contributed by atoms with Crippen LogP contribution in [-0.2, 0) is 18.8 Å². The van der Waals surface area contributed by atoms with E-state index in [2.05, 4.69) is 17.0 Å². The van der Waals surface area contributed by atoms with Gasteiger partial charge in [-0.2, -0.15) is 5.10 Å². The summed E-state index contributed by atoms with van der Waals surface area (Å²) in [7, 11) is 0. The molecule has 22 heavy (non-hydrogen) atoms. The van der Waals surface area contributed by atoms with E-state index in [1.165, 1.54) is 12.1 Å². The van der Waals surface area contributed by atoms with Gasteiger partial charge >= 0.3 is 0 Å². The number of aromatic nitrogens is 3. The quantitative estimate of drug-likeness (QED) is 0.653. The summed E-state index contributed by atoms with van der Waals surface area (Å²) in [6.07, 6.45) is 1.80. The second-order valence-electron chi connectivity index (χ2n) is 5.70. The molecule has 0 aliphatic carbocycles. The van der Waals surface area contributed by atoms with E-state index >= 15 is 0 Å². The van der Waals surface area contributed by atoms with E-state index in [9.17, 15) is 4.39 Å². The third-order valence-corrected chi connectivity index (χ3v) is 4.09. The highest BCUT2D eigenvalue weighted by atomic mass is 32.1. The zero-order valence-electron chi connectivity index (χ0n) is 13.1. The summed E-state index contributed by atoms with van der Waals surface area (Å²) < 4.78 is 17.4. The second kappa shape index (κ2) is 6.54. The van der Waals surface area contributed by atoms with Crippen molar-refractivity contribution < 1.29 is 4.39 Å². The maximum absolute atomic E-state index is 13.0. The molecule has 0 atom stereocenters. The number of aryl methyl sites for hydroxylation is 1. The molecule has 0 amide bonds. The summed E-state index contributed by atoms with van der Waals surface area (Å²) in [6.45, 7) is 10.9. The van der Waals surface area contributed by atoms with E-state index in [0.29, 0.717) is 18.0 Å². The molecule has 1 aromatic heterocycles. The van der Waals surface area contributed by atoms with Crippen LogP contribution in [0.25, 0.3) is 0 Å². The van der Waals surface area contributed by atoms with Gasteiger partial charge in [-0.3, -0.25) is 5.32 Å². The molecule has 0 aliphatic rings. The highest BCUT2D eigenvalue weighted by Gasteiger charge is 2.20. The lowest BCUT2D eigenvalue weighted by atomic mass is 9.94. The van der Waals surface area contributed by atoms with Crippen molar-refractivity contribution in [1.82, 2.24) is 19.7 Å². The highest BCUT2D eigenvalue weighted by molar-refractivity contribution is 7.71. The molecule has 6 heteroatoms. The average molecular weight is 320 g/mol. The number of hydrogen-bond acceptors (Lipinski definition) is 3.